The third-order valence-electron chi connectivity index (χ3n) is 3.92. The van der Waals surface area contributed by atoms with Crippen LogP contribution >= 0.6 is 0 Å². The summed E-state index contributed by atoms with van der Waals surface area (Å²) in [5, 5.41) is 3.66. The molecule has 1 heterocycles. The first-order valence-corrected chi connectivity index (χ1v) is 7.65. The molecule has 3 aromatic rings. The average Bonchev–Trinajstić information content (AvgIpc) is 2.56. The van der Waals surface area contributed by atoms with E-state index in [1.54, 1.807) is 18.2 Å². The molecule has 1 aromatic heterocycles. The lowest BCUT2D eigenvalue weighted by Crippen LogP contribution is -2.28. The first-order valence-electron chi connectivity index (χ1n) is 7.65. The van der Waals surface area contributed by atoms with Crippen molar-refractivity contribution in [1.82, 2.24) is 10.3 Å². The maximum Gasteiger partial charge on any atom is 0.253 e. The van der Waals surface area contributed by atoms with Crippen LogP contribution in [0.25, 0.3) is 10.9 Å². The molecule has 0 saturated heterocycles. The van der Waals surface area contributed by atoms with Crippen molar-refractivity contribution < 1.29 is 9.18 Å². The molecule has 2 aromatic carbocycles. The summed E-state index contributed by atoms with van der Waals surface area (Å²) in [5.41, 5.74) is 2.82. The molecule has 0 saturated carbocycles. The number of fused-ring (bicyclic) bond motifs is 1. The third-order valence-corrected chi connectivity index (χ3v) is 3.92. The molecule has 1 amide bonds. The molecule has 0 spiro atoms. The Morgan fingerprint density at radius 1 is 1.17 bits per heavy atom. The van der Waals surface area contributed by atoms with Gasteiger partial charge in [-0.25, -0.2) is 4.39 Å². The molecule has 24 heavy (non-hydrogen) atoms. The van der Waals surface area contributed by atoms with Crippen molar-refractivity contribution in [2.75, 3.05) is 0 Å². The highest BCUT2D eigenvalue weighted by molar-refractivity contribution is 5.82. The van der Waals surface area contributed by atoms with Gasteiger partial charge in [-0.1, -0.05) is 30.3 Å². The van der Waals surface area contributed by atoms with Gasteiger partial charge in [0.15, 0.2) is 0 Å². The lowest BCUT2D eigenvalue weighted by Gasteiger charge is -2.07. The van der Waals surface area contributed by atoms with Gasteiger partial charge in [-0.3, -0.25) is 9.59 Å². The van der Waals surface area contributed by atoms with Gasteiger partial charge in [-0.15, -0.1) is 0 Å². The fraction of sp³-hybridized carbons (Fsp3) is 0.158. The Labute approximate surface area is 138 Å². The van der Waals surface area contributed by atoms with Gasteiger partial charge in [-0.2, -0.15) is 0 Å². The third kappa shape index (κ3) is 3.51. The van der Waals surface area contributed by atoms with Gasteiger partial charge in [0, 0.05) is 12.1 Å². The topological polar surface area (TPSA) is 62.0 Å². The Morgan fingerprint density at radius 3 is 2.67 bits per heavy atom. The molecule has 4 nitrogen and oxygen atoms in total. The Kier molecular flexibility index (Phi) is 4.42. The van der Waals surface area contributed by atoms with Crippen molar-refractivity contribution in [1.29, 1.82) is 0 Å². The van der Waals surface area contributed by atoms with E-state index in [-0.39, 0.29) is 30.2 Å². The molecule has 3 rings (SSSR count). The molecule has 0 aliphatic rings. The number of halogens is 1. The molecule has 0 atom stereocenters. The number of aromatic amines is 1. The van der Waals surface area contributed by atoms with Crippen LogP contribution < -0.4 is 10.9 Å². The predicted molar refractivity (Wildman–Crippen MR) is 91.3 cm³/mol. The second-order valence-electron chi connectivity index (χ2n) is 5.74. The van der Waals surface area contributed by atoms with Crippen molar-refractivity contribution in [2.24, 2.45) is 0 Å². The summed E-state index contributed by atoms with van der Waals surface area (Å²) in [6.07, 6.45) is 0.144. The van der Waals surface area contributed by atoms with E-state index in [2.05, 4.69) is 10.3 Å². The van der Waals surface area contributed by atoms with Gasteiger partial charge >= 0.3 is 0 Å². The minimum atomic E-state index is -0.336. The van der Waals surface area contributed by atoms with E-state index in [0.29, 0.717) is 5.56 Å². The number of H-pyrrole nitrogens is 1. The number of carbonyl (C=O) groups is 1. The molecule has 0 aliphatic carbocycles. The van der Waals surface area contributed by atoms with E-state index < -0.39 is 0 Å². The number of aryl methyl sites for hydroxylation is 1. The van der Waals surface area contributed by atoms with E-state index in [1.807, 2.05) is 25.1 Å². The lowest BCUT2D eigenvalue weighted by atomic mass is 10.1. The van der Waals surface area contributed by atoms with E-state index in [0.717, 1.165) is 22.0 Å². The van der Waals surface area contributed by atoms with Crippen LogP contribution in [0.2, 0.25) is 0 Å². The van der Waals surface area contributed by atoms with Gasteiger partial charge in [0.25, 0.3) is 5.56 Å². The zero-order valence-electron chi connectivity index (χ0n) is 13.2. The number of aromatic nitrogens is 1. The number of carbonyl (C=O) groups excluding carboxylic acids is 1. The molecule has 0 unspecified atom stereocenters. The number of pyridine rings is 1. The van der Waals surface area contributed by atoms with Crippen molar-refractivity contribution in [2.45, 2.75) is 19.9 Å². The van der Waals surface area contributed by atoms with Crippen molar-refractivity contribution in [3.05, 3.63) is 81.4 Å². The minimum absolute atomic E-state index is 0.144. The second kappa shape index (κ2) is 6.66. The first kappa shape index (κ1) is 15.9. The van der Waals surface area contributed by atoms with Gasteiger partial charge in [0.1, 0.15) is 5.82 Å². The van der Waals surface area contributed by atoms with Crippen LogP contribution in [0.5, 0.6) is 0 Å². The summed E-state index contributed by atoms with van der Waals surface area (Å²) in [4.78, 5) is 27.0. The van der Waals surface area contributed by atoms with E-state index in [4.69, 9.17) is 0 Å². The highest BCUT2D eigenvalue weighted by Crippen LogP contribution is 2.14. The zero-order valence-corrected chi connectivity index (χ0v) is 13.2. The molecular weight excluding hydrogens is 307 g/mol. The van der Waals surface area contributed by atoms with Crippen LogP contribution in [-0.4, -0.2) is 10.9 Å². The zero-order chi connectivity index (χ0) is 17.1. The summed E-state index contributed by atoms with van der Waals surface area (Å²) in [5.74, 6) is -0.553. The number of hydrogen-bond donors (Lipinski definition) is 2. The molecule has 5 heteroatoms. The van der Waals surface area contributed by atoms with E-state index in [1.165, 1.54) is 12.1 Å². The van der Waals surface area contributed by atoms with E-state index in [9.17, 15) is 14.0 Å². The Balaban J connectivity index is 1.71. The highest BCUT2D eigenvalue weighted by Gasteiger charge is 2.07. The largest absolute Gasteiger partial charge is 0.352 e. The SMILES string of the molecule is Cc1cccc2cc(CNC(=O)Cc3ccc(F)cc3)c(=O)[nH]c12. The number of benzene rings is 2. The Bertz CT molecular complexity index is 946. The summed E-state index contributed by atoms with van der Waals surface area (Å²) in [7, 11) is 0. The fourth-order valence-corrected chi connectivity index (χ4v) is 2.60. The van der Waals surface area contributed by atoms with Crippen LogP contribution in [0, 0.1) is 12.7 Å². The van der Waals surface area contributed by atoms with Gasteiger partial charge in [-0.05, 0) is 41.6 Å². The minimum Gasteiger partial charge on any atom is -0.352 e. The van der Waals surface area contributed by atoms with Gasteiger partial charge in [0.05, 0.1) is 11.9 Å². The monoisotopic (exact) mass is 324 g/mol. The van der Waals surface area contributed by atoms with Crippen LogP contribution in [0.4, 0.5) is 4.39 Å². The van der Waals surface area contributed by atoms with Crippen molar-refractivity contribution >= 4 is 16.8 Å². The maximum atomic E-state index is 12.9. The van der Waals surface area contributed by atoms with Crippen molar-refractivity contribution in [3.8, 4) is 0 Å². The summed E-state index contributed by atoms with van der Waals surface area (Å²) in [6.45, 7) is 2.08. The standard InChI is InChI=1S/C19H17FN2O2/c1-12-3-2-4-14-10-15(19(24)22-18(12)14)11-21-17(23)9-13-5-7-16(20)8-6-13/h2-8,10H,9,11H2,1H3,(H,21,23)(H,22,24). The lowest BCUT2D eigenvalue weighted by molar-refractivity contribution is -0.120. The molecule has 2 N–H and O–H groups in total. The Morgan fingerprint density at radius 2 is 1.92 bits per heavy atom. The molecule has 0 bridgehead atoms. The predicted octanol–water partition coefficient (Wildman–Crippen LogP) is 2.83. The fourth-order valence-electron chi connectivity index (χ4n) is 2.60. The second-order valence-corrected chi connectivity index (χ2v) is 5.74. The summed E-state index contributed by atoms with van der Waals surface area (Å²) < 4.78 is 12.9. The summed E-state index contributed by atoms with van der Waals surface area (Å²) >= 11 is 0. The Hall–Kier alpha value is -2.95. The van der Waals surface area contributed by atoms with Gasteiger partial charge < -0.3 is 10.3 Å². The van der Waals surface area contributed by atoms with Crippen molar-refractivity contribution in [3.63, 3.8) is 0 Å². The number of hydrogen-bond acceptors (Lipinski definition) is 2. The summed E-state index contributed by atoms with van der Waals surface area (Å²) in [6, 6.07) is 13.3. The quantitative estimate of drug-likeness (QED) is 0.775. The van der Waals surface area contributed by atoms with Crippen LogP contribution in [0.1, 0.15) is 16.7 Å². The highest BCUT2D eigenvalue weighted by atomic mass is 19.1. The van der Waals surface area contributed by atoms with Crippen LogP contribution in [0.3, 0.4) is 0 Å². The van der Waals surface area contributed by atoms with E-state index >= 15 is 0 Å². The average molecular weight is 324 g/mol. The normalized spacial score (nSPS) is 10.8. The van der Waals surface area contributed by atoms with Crippen LogP contribution in [-0.2, 0) is 17.8 Å². The molecule has 122 valence electrons. The number of amides is 1. The smallest absolute Gasteiger partial charge is 0.253 e. The molecular formula is C19H17FN2O2. The molecule has 0 radical (unpaired) electrons. The first-order chi connectivity index (χ1) is 11.5. The number of para-hydroxylation sites is 1. The van der Waals surface area contributed by atoms with Gasteiger partial charge in [0.2, 0.25) is 5.91 Å². The molecule has 0 aliphatic heterocycles. The maximum absolute atomic E-state index is 12.9. The molecule has 0 fully saturated rings. The number of rotatable bonds is 4. The number of nitrogens with one attached hydrogen (secondary N) is 2. The van der Waals surface area contributed by atoms with Crippen LogP contribution in [0.15, 0.2) is 53.3 Å².